The second-order valence-corrected chi connectivity index (χ2v) is 31.0. The van der Waals surface area contributed by atoms with Gasteiger partial charge in [-0.1, -0.05) is 351 Å². The van der Waals surface area contributed by atoms with E-state index in [1.807, 2.05) is 6.08 Å². The third kappa shape index (κ3) is 45.9. The number of amides is 1. The van der Waals surface area contributed by atoms with Crippen molar-refractivity contribution in [2.75, 3.05) is 26.4 Å². The molecule has 3 aliphatic heterocycles. The van der Waals surface area contributed by atoms with Crippen molar-refractivity contribution >= 4 is 5.91 Å². The van der Waals surface area contributed by atoms with Crippen LogP contribution in [0.5, 0.6) is 0 Å². The molecule has 0 aliphatic carbocycles. The molecule has 0 bridgehead atoms. The van der Waals surface area contributed by atoms with E-state index in [1.165, 1.54) is 257 Å². The van der Waals surface area contributed by atoms with Crippen LogP contribution in [0.4, 0.5) is 0 Å². The molecular weight excluding hydrogens is 1350 g/mol. The fourth-order valence-electron chi connectivity index (χ4n) is 14.7. The highest BCUT2D eigenvalue weighted by molar-refractivity contribution is 5.76. The minimum Gasteiger partial charge on any atom is -0.394 e. The molecule has 0 spiro atoms. The summed E-state index contributed by atoms with van der Waals surface area (Å²) in [5.41, 5.74) is 0. The van der Waals surface area contributed by atoms with Crippen molar-refractivity contribution in [3.05, 3.63) is 60.8 Å². The third-order valence-electron chi connectivity index (χ3n) is 21.6. The molecule has 0 aromatic rings. The van der Waals surface area contributed by atoms with E-state index in [2.05, 4.69) is 67.8 Å². The van der Waals surface area contributed by atoms with Crippen LogP contribution in [-0.4, -0.2) is 193 Å². The summed E-state index contributed by atoms with van der Waals surface area (Å²) in [4.78, 5) is 13.5. The Morgan fingerprint density at radius 1 is 0.349 bits per heavy atom. The molecule has 3 saturated heterocycles. The maximum Gasteiger partial charge on any atom is 0.220 e. The van der Waals surface area contributed by atoms with Crippen molar-refractivity contribution in [2.45, 2.75) is 458 Å². The fourth-order valence-corrected chi connectivity index (χ4v) is 14.7. The van der Waals surface area contributed by atoms with Crippen LogP contribution in [-0.2, 0) is 33.2 Å². The van der Waals surface area contributed by atoms with E-state index in [4.69, 9.17) is 28.4 Å². The van der Waals surface area contributed by atoms with E-state index >= 15 is 0 Å². The summed E-state index contributed by atoms with van der Waals surface area (Å²) in [6.45, 7) is 1.68. The van der Waals surface area contributed by atoms with Crippen LogP contribution in [0.15, 0.2) is 60.8 Å². The number of rotatable bonds is 70. The van der Waals surface area contributed by atoms with Gasteiger partial charge in [-0.05, 0) is 57.8 Å². The normalized spacial score (nSPS) is 25.9. The molecule has 3 aliphatic rings. The number of hydrogen-bond acceptors (Lipinski definition) is 18. The van der Waals surface area contributed by atoms with Crippen LogP contribution in [0.1, 0.15) is 354 Å². The molecule has 17 atom stereocenters. The number of nitrogens with one attached hydrogen (secondary N) is 1. The summed E-state index contributed by atoms with van der Waals surface area (Å²) < 4.78 is 34.5. The fraction of sp³-hybridized carbons (Fsp3) is 0.874. The molecule has 3 heterocycles. The van der Waals surface area contributed by atoms with Gasteiger partial charge < -0.3 is 89.9 Å². The van der Waals surface area contributed by atoms with E-state index in [9.17, 15) is 61.0 Å². The van der Waals surface area contributed by atoms with E-state index in [0.717, 1.165) is 70.6 Å². The molecule has 0 aromatic heterocycles. The molecule has 17 unspecified atom stereocenters. The second-order valence-electron chi connectivity index (χ2n) is 31.0. The zero-order chi connectivity index (χ0) is 76.7. The van der Waals surface area contributed by atoms with Crippen LogP contribution in [0.2, 0.25) is 0 Å². The van der Waals surface area contributed by atoms with E-state index < -0.39 is 124 Å². The molecule has 0 aromatic carbocycles. The van der Waals surface area contributed by atoms with Crippen LogP contribution < -0.4 is 5.32 Å². The van der Waals surface area contributed by atoms with Crippen LogP contribution >= 0.6 is 0 Å². The van der Waals surface area contributed by atoms with E-state index in [0.29, 0.717) is 6.42 Å². The Bertz CT molecular complexity index is 2150. The molecule has 620 valence electrons. The number of carbonyl (C=O) groups is 1. The highest BCUT2D eigenvalue weighted by Gasteiger charge is 2.54. The average molecular weight is 1510 g/mol. The molecule has 0 radical (unpaired) electrons. The maximum atomic E-state index is 13.5. The molecule has 3 rings (SSSR count). The molecule has 19 heteroatoms. The largest absolute Gasteiger partial charge is 0.394 e. The first-order valence-corrected chi connectivity index (χ1v) is 43.5. The first-order valence-electron chi connectivity index (χ1n) is 43.5. The van der Waals surface area contributed by atoms with Gasteiger partial charge in [-0.3, -0.25) is 4.79 Å². The lowest BCUT2D eigenvalue weighted by molar-refractivity contribution is -0.379. The van der Waals surface area contributed by atoms with Gasteiger partial charge in [0.2, 0.25) is 5.91 Å². The number of ether oxygens (including phenoxy) is 6. The van der Waals surface area contributed by atoms with Gasteiger partial charge >= 0.3 is 0 Å². The van der Waals surface area contributed by atoms with Gasteiger partial charge in [0.25, 0.3) is 0 Å². The lowest BCUT2D eigenvalue weighted by Gasteiger charge is -2.48. The Labute approximate surface area is 643 Å². The third-order valence-corrected chi connectivity index (χ3v) is 21.6. The summed E-state index contributed by atoms with van der Waals surface area (Å²) in [6.07, 6.45) is 60.7. The Kier molecular flexibility index (Phi) is 61.8. The highest BCUT2D eigenvalue weighted by Crippen LogP contribution is 2.33. The van der Waals surface area contributed by atoms with Crippen molar-refractivity contribution in [3.63, 3.8) is 0 Å². The number of hydrogen-bond donors (Lipinski definition) is 12. The van der Waals surface area contributed by atoms with E-state index in [-0.39, 0.29) is 18.9 Å². The first-order chi connectivity index (χ1) is 51.8. The maximum absolute atomic E-state index is 13.5. The topological polar surface area (TPSA) is 307 Å². The van der Waals surface area contributed by atoms with E-state index in [1.54, 1.807) is 6.08 Å². The quantitative estimate of drug-likeness (QED) is 0.0199. The molecule has 19 nitrogen and oxygen atoms in total. The van der Waals surface area contributed by atoms with Gasteiger partial charge in [-0.25, -0.2) is 0 Å². The predicted molar refractivity (Wildman–Crippen MR) is 425 cm³/mol. The van der Waals surface area contributed by atoms with Gasteiger partial charge in [0.15, 0.2) is 18.9 Å². The summed E-state index contributed by atoms with van der Waals surface area (Å²) in [7, 11) is 0. The Hall–Kier alpha value is -2.51. The Balaban J connectivity index is 1.34. The minimum absolute atomic E-state index is 0.245. The van der Waals surface area contributed by atoms with Gasteiger partial charge in [0, 0.05) is 6.42 Å². The SMILES string of the molecule is CC/C=C\C/C=C\C/C=C\C/C=C\CCCCCCCCCCCCCCCCCCCCCCC(=O)NC(COC1OC(CO)C(OC2OC(CO)C(OC3OC(CO)C(O)C(O)C3O)C(O)C2O)C(O)C1O)C(O)/C=C/CCCCCCCCCCCCCCCCCCCCCCCCCCCC. The summed E-state index contributed by atoms with van der Waals surface area (Å²) >= 11 is 0. The molecule has 0 saturated carbocycles. The number of aliphatic hydroxyl groups is 11. The minimum atomic E-state index is -1.98. The van der Waals surface area contributed by atoms with Gasteiger partial charge in [-0.2, -0.15) is 0 Å². The summed E-state index contributed by atoms with van der Waals surface area (Å²) in [5.74, 6) is -0.270. The molecular formula is C87H159NO18. The zero-order valence-electron chi connectivity index (χ0n) is 66.7. The van der Waals surface area contributed by atoms with Crippen LogP contribution in [0.3, 0.4) is 0 Å². The number of allylic oxidation sites excluding steroid dienone is 9. The van der Waals surface area contributed by atoms with Gasteiger partial charge in [-0.15, -0.1) is 0 Å². The summed E-state index contributed by atoms with van der Waals surface area (Å²) in [6, 6.07) is -0.975. The molecule has 106 heavy (non-hydrogen) atoms. The standard InChI is InChI=1S/C87H159NO18/c1-3-5-7-9-11-13-15-17-19-21-23-25-27-29-31-33-34-35-36-37-39-41-43-45-47-49-51-53-55-57-59-61-63-65-75(93)88-70(71(92)64-62-60-58-56-54-52-50-48-46-44-42-40-38-32-30-28-26-24-22-20-18-16-14-12-10-8-6-4-2)69-101-85-81(99)78(96)83(73(67-90)103-85)106-87-82(100)79(97)84(74(68-91)104-87)105-86-80(98)77(95)76(94)72(66-89)102-86/h5,7,11,13,17,19,23,25,62,64,70-74,76-87,89-92,94-100H,3-4,6,8-10,12,14-16,18,20-22,24,26-61,63,65-69H2,1-2H3,(H,88,93)/b7-5-,13-11-,19-17-,25-23-,64-62+. The van der Waals surface area contributed by atoms with Crippen molar-refractivity contribution in [3.8, 4) is 0 Å². The summed E-state index contributed by atoms with van der Waals surface area (Å²) in [5, 5.41) is 121. The molecule has 3 fully saturated rings. The number of aliphatic hydroxyl groups excluding tert-OH is 11. The van der Waals surface area contributed by atoms with Crippen LogP contribution in [0, 0.1) is 0 Å². The Morgan fingerprint density at radius 3 is 1.02 bits per heavy atom. The van der Waals surface area contributed by atoms with Gasteiger partial charge in [0.1, 0.15) is 73.2 Å². The lowest BCUT2D eigenvalue weighted by atomic mass is 9.96. The van der Waals surface area contributed by atoms with Crippen molar-refractivity contribution in [1.29, 1.82) is 0 Å². The first kappa shape index (κ1) is 97.7. The van der Waals surface area contributed by atoms with Crippen LogP contribution in [0.25, 0.3) is 0 Å². The van der Waals surface area contributed by atoms with Crippen molar-refractivity contribution in [2.24, 2.45) is 0 Å². The van der Waals surface area contributed by atoms with Gasteiger partial charge in [0.05, 0.1) is 38.6 Å². The smallest absolute Gasteiger partial charge is 0.220 e. The number of unbranched alkanes of at least 4 members (excludes halogenated alkanes) is 46. The lowest BCUT2D eigenvalue weighted by Crippen LogP contribution is -2.66. The number of carbonyl (C=O) groups excluding carboxylic acids is 1. The molecule has 1 amide bonds. The van der Waals surface area contributed by atoms with Crippen molar-refractivity contribution < 1.29 is 89.4 Å². The molecule has 12 N–H and O–H groups in total. The monoisotopic (exact) mass is 1510 g/mol. The predicted octanol–water partition coefficient (Wildman–Crippen LogP) is 15.8. The second kappa shape index (κ2) is 67.0. The Morgan fingerprint density at radius 2 is 0.651 bits per heavy atom. The average Bonchev–Trinajstić information content (AvgIpc) is 0.781. The highest BCUT2D eigenvalue weighted by atomic mass is 16.8. The zero-order valence-corrected chi connectivity index (χ0v) is 66.7. The van der Waals surface area contributed by atoms with Crippen molar-refractivity contribution in [1.82, 2.24) is 5.32 Å².